The fraction of sp³-hybridized carbons (Fsp3) is 0.267. The Morgan fingerprint density at radius 1 is 1.14 bits per heavy atom. The van der Waals surface area contributed by atoms with Gasteiger partial charge in [-0.2, -0.15) is 4.31 Å². The lowest BCUT2D eigenvalue weighted by Gasteiger charge is -2.21. The average Bonchev–Trinajstić information content (AvgIpc) is 2.53. The zero-order chi connectivity index (χ0) is 15.3. The molecule has 6 heteroatoms. The van der Waals surface area contributed by atoms with Crippen LogP contribution < -0.4 is 5.73 Å². The van der Waals surface area contributed by atoms with Crippen LogP contribution in [0.1, 0.15) is 18.1 Å². The van der Waals surface area contributed by atoms with Gasteiger partial charge in [0.15, 0.2) is 0 Å². The van der Waals surface area contributed by atoms with Crippen molar-refractivity contribution in [2.45, 2.75) is 24.9 Å². The molecule has 112 valence electrons. The number of hydrogen-bond acceptors (Lipinski definition) is 4. The highest BCUT2D eigenvalue weighted by molar-refractivity contribution is 7.89. The Hall–Kier alpha value is -1.76. The van der Waals surface area contributed by atoms with E-state index in [2.05, 4.69) is 4.98 Å². The molecule has 0 radical (unpaired) electrons. The Balaban J connectivity index is 2.31. The fourth-order valence-electron chi connectivity index (χ4n) is 2.04. The van der Waals surface area contributed by atoms with Crippen LogP contribution in [0.25, 0.3) is 0 Å². The zero-order valence-electron chi connectivity index (χ0n) is 11.9. The lowest BCUT2D eigenvalue weighted by atomic mass is 10.2. The van der Waals surface area contributed by atoms with Gasteiger partial charge in [-0.15, -0.1) is 0 Å². The molecule has 21 heavy (non-hydrogen) atoms. The first kappa shape index (κ1) is 15.6. The molecule has 0 amide bonds. The molecule has 0 saturated heterocycles. The van der Waals surface area contributed by atoms with Crippen LogP contribution in [0.4, 0.5) is 0 Å². The normalized spacial score (nSPS) is 11.8. The van der Waals surface area contributed by atoms with Crippen LogP contribution in [0.3, 0.4) is 0 Å². The molecule has 0 aliphatic heterocycles. The van der Waals surface area contributed by atoms with Crippen molar-refractivity contribution in [1.82, 2.24) is 9.29 Å². The second-order valence-electron chi connectivity index (χ2n) is 4.64. The van der Waals surface area contributed by atoms with Crippen LogP contribution in [-0.4, -0.2) is 24.3 Å². The summed E-state index contributed by atoms with van der Waals surface area (Å²) in [5.74, 6) is 0. The van der Waals surface area contributed by atoms with Crippen LogP contribution in [0.2, 0.25) is 0 Å². The van der Waals surface area contributed by atoms with Crippen molar-refractivity contribution >= 4 is 10.0 Å². The molecular formula is C15H19N3O2S. The Morgan fingerprint density at radius 3 is 2.48 bits per heavy atom. The highest BCUT2D eigenvalue weighted by Gasteiger charge is 2.23. The second-order valence-corrected chi connectivity index (χ2v) is 6.58. The Bertz CT molecular complexity index is 687. The number of nitrogens with zero attached hydrogens (tertiary/aromatic N) is 2. The van der Waals surface area contributed by atoms with Crippen LogP contribution in [0.15, 0.2) is 53.7 Å². The first-order chi connectivity index (χ1) is 10.1. The molecule has 0 aliphatic carbocycles. The highest BCUT2D eigenvalue weighted by atomic mass is 32.2. The summed E-state index contributed by atoms with van der Waals surface area (Å²) in [6.45, 7) is 2.87. The molecule has 5 nitrogen and oxygen atoms in total. The quantitative estimate of drug-likeness (QED) is 0.882. The first-order valence-corrected chi connectivity index (χ1v) is 8.20. The minimum Gasteiger partial charge on any atom is -0.326 e. The maximum absolute atomic E-state index is 12.7. The highest BCUT2D eigenvalue weighted by Crippen LogP contribution is 2.19. The summed E-state index contributed by atoms with van der Waals surface area (Å²) in [6, 6.07) is 10.4. The topological polar surface area (TPSA) is 76.3 Å². The van der Waals surface area contributed by atoms with Gasteiger partial charge in [0, 0.05) is 32.0 Å². The molecule has 0 spiro atoms. The second kappa shape index (κ2) is 6.80. The third kappa shape index (κ3) is 3.66. The first-order valence-electron chi connectivity index (χ1n) is 6.76. The molecule has 1 heterocycles. The summed E-state index contributed by atoms with van der Waals surface area (Å²) in [4.78, 5) is 4.22. The predicted octanol–water partition coefficient (Wildman–Crippen LogP) is 1.75. The lowest BCUT2D eigenvalue weighted by molar-refractivity contribution is 0.423. The summed E-state index contributed by atoms with van der Waals surface area (Å²) in [7, 11) is -3.52. The monoisotopic (exact) mass is 305 g/mol. The number of benzene rings is 1. The predicted molar refractivity (Wildman–Crippen MR) is 81.8 cm³/mol. The van der Waals surface area contributed by atoms with E-state index < -0.39 is 10.0 Å². The van der Waals surface area contributed by atoms with E-state index in [9.17, 15) is 8.42 Å². The van der Waals surface area contributed by atoms with Crippen molar-refractivity contribution < 1.29 is 8.42 Å². The molecule has 0 atom stereocenters. The van der Waals surface area contributed by atoms with Crippen LogP contribution in [0.5, 0.6) is 0 Å². The maximum atomic E-state index is 12.7. The van der Waals surface area contributed by atoms with Gasteiger partial charge >= 0.3 is 0 Å². The van der Waals surface area contributed by atoms with Crippen molar-refractivity contribution in [3.05, 3.63) is 59.9 Å². The van der Waals surface area contributed by atoms with E-state index in [4.69, 9.17) is 5.73 Å². The van der Waals surface area contributed by atoms with Gasteiger partial charge in [0.05, 0.1) is 4.90 Å². The van der Waals surface area contributed by atoms with Gasteiger partial charge in [-0.25, -0.2) is 8.42 Å². The van der Waals surface area contributed by atoms with Crippen molar-refractivity contribution in [3.63, 3.8) is 0 Å². The molecule has 2 aromatic rings. The van der Waals surface area contributed by atoms with E-state index in [1.807, 2.05) is 25.1 Å². The SMILES string of the molecule is CCN(Cc1ccncc1)S(=O)(=O)c1cccc(CN)c1. The number of sulfonamides is 1. The molecule has 0 unspecified atom stereocenters. The zero-order valence-corrected chi connectivity index (χ0v) is 12.8. The number of nitrogens with two attached hydrogens (primary N) is 1. The van der Waals surface area contributed by atoms with Gasteiger partial charge in [-0.1, -0.05) is 19.1 Å². The minimum atomic E-state index is -3.52. The van der Waals surface area contributed by atoms with Crippen LogP contribution in [-0.2, 0) is 23.1 Å². The van der Waals surface area contributed by atoms with Gasteiger partial charge in [0.1, 0.15) is 0 Å². The summed E-state index contributed by atoms with van der Waals surface area (Å²) in [6.07, 6.45) is 3.32. The maximum Gasteiger partial charge on any atom is 0.243 e. The van der Waals surface area contributed by atoms with E-state index >= 15 is 0 Å². The molecule has 1 aromatic heterocycles. The Morgan fingerprint density at radius 2 is 1.86 bits per heavy atom. The number of pyridine rings is 1. The van der Waals surface area contributed by atoms with Crippen molar-refractivity contribution in [3.8, 4) is 0 Å². The number of rotatable bonds is 6. The van der Waals surface area contributed by atoms with Crippen LogP contribution >= 0.6 is 0 Å². The van der Waals surface area contributed by atoms with E-state index in [1.54, 1.807) is 30.6 Å². The number of hydrogen-bond donors (Lipinski definition) is 1. The molecule has 1 aromatic carbocycles. The summed E-state index contributed by atoms with van der Waals surface area (Å²) < 4.78 is 26.9. The Labute approximate surface area is 125 Å². The smallest absolute Gasteiger partial charge is 0.243 e. The summed E-state index contributed by atoms with van der Waals surface area (Å²) >= 11 is 0. The van der Waals surface area contributed by atoms with E-state index in [0.29, 0.717) is 19.6 Å². The van der Waals surface area contributed by atoms with E-state index in [-0.39, 0.29) is 4.90 Å². The third-order valence-corrected chi connectivity index (χ3v) is 5.15. The van der Waals surface area contributed by atoms with Gasteiger partial charge in [-0.3, -0.25) is 4.98 Å². The van der Waals surface area contributed by atoms with E-state index in [1.165, 1.54) is 4.31 Å². The largest absolute Gasteiger partial charge is 0.326 e. The molecule has 0 saturated carbocycles. The van der Waals surface area contributed by atoms with Gasteiger partial charge < -0.3 is 5.73 Å². The molecular weight excluding hydrogens is 286 g/mol. The van der Waals surface area contributed by atoms with Gasteiger partial charge in [0.2, 0.25) is 10.0 Å². The van der Waals surface area contributed by atoms with Gasteiger partial charge in [0.25, 0.3) is 0 Å². The fourth-order valence-corrected chi connectivity index (χ4v) is 3.55. The lowest BCUT2D eigenvalue weighted by Crippen LogP contribution is -2.30. The number of aromatic nitrogens is 1. The molecule has 2 N–H and O–H groups in total. The summed E-state index contributed by atoms with van der Waals surface area (Å²) in [5.41, 5.74) is 7.29. The standard InChI is InChI=1S/C15H19N3O2S/c1-2-18(12-13-6-8-17-9-7-13)21(19,20)15-5-3-4-14(10-15)11-16/h3-10H,2,11-12,16H2,1H3. The Kier molecular flexibility index (Phi) is 5.06. The molecule has 0 aliphatic rings. The van der Waals surface area contributed by atoms with E-state index in [0.717, 1.165) is 11.1 Å². The summed E-state index contributed by atoms with van der Waals surface area (Å²) in [5, 5.41) is 0. The minimum absolute atomic E-state index is 0.279. The van der Waals surface area contributed by atoms with Crippen molar-refractivity contribution in [1.29, 1.82) is 0 Å². The average molecular weight is 305 g/mol. The van der Waals surface area contributed by atoms with Crippen molar-refractivity contribution in [2.75, 3.05) is 6.54 Å². The van der Waals surface area contributed by atoms with Gasteiger partial charge in [-0.05, 0) is 35.4 Å². The van der Waals surface area contributed by atoms with Crippen molar-refractivity contribution in [2.24, 2.45) is 5.73 Å². The third-order valence-electron chi connectivity index (χ3n) is 3.23. The molecule has 2 rings (SSSR count). The molecule has 0 fully saturated rings. The van der Waals surface area contributed by atoms with Crippen LogP contribution in [0, 0.1) is 0 Å². The molecule has 0 bridgehead atoms.